The fourth-order valence-electron chi connectivity index (χ4n) is 3.05. The highest BCUT2D eigenvalue weighted by molar-refractivity contribution is 5.86. The van der Waals surface area contributed by atoms with Gasteiger partial charge in [-0.05, 0) is 37.3 Å². The topological polar surface area (TPSA) is 86.7 Å². The van der Waals surface area contributed by atoms with Gasteiger partial charge < -0.3 is 0 Å². The molecule has 0 bridgehead atoms. The first kappa shape index (κ1) is 18.5. The van der Waals surface area contributed by atoms with Crippen LogP contribution in [-0.2, 0) is 6.18 Å². The second-order valence-electron chi connectivity index (χ2n) is 6.24. The number of aromatic nitrogens is 4. The Labute approximate surface area is 161 Å². The fraction of sp³-hybridized carbons (Fsp3) is 0.105. The number of pyridine rings is 2. The van der Waals surface area contributed by atoms with Crippen molar-refractivity contribution in [2.24, 2.45) is 0 Å². The minimum atomic E-state index is -4.63. The molecule has 4 aromatic rings. The number of benzene rings is 1. The average molecular weight is 399 g/mol. The first-order valence-corrected chi connectivity index (χ1v) is 8.39. The summed E-state index contributed by atoms with van der Waals surface area (Å²) in [7, 11) is 0. The van der Waals surface area contributed by atoms with Crippen molar-refractivity contribution in [1.82, 2.24) is 19.7 Å². The maximum absolute atomic E-state index is 13.8. The number of rotatable bonds is 3. The zero-order valence-corrected chi connectivity index (χ0v) is 14.9. The number of aryl methyl sites for hydroxylation is 1. The van der Waals surface area contributed by atoms with E-state index in [9.17, 15) is 23.3 Å². The number of hydrogen-bond donors (Lipinski definition) is 0. The van der Waals surface area contributed by atoms with Crippen LogP contribution < -0.4 is 0 Å². The summed E-state index contributed by atoms with van der Waals surface area (Å²) >= 11 is 0. The van der Waals surface area contributed by atoms with Gasteiger partial charge in [0.25, 0.3) is 5.69 Å². The lowest BCUT2D eigenvalue weighted by atomic mass is 10.1. The van der Waals surface area contributed by atoms with E-state index >= 15 is 0 Å². The Bertz CT molecular complexity index is 1220. The number of alkyl halides is 3. The van der Waals surface area contributed by atoms with E-state index in [0.29, 0.717) is 5.69 Å². The Hall–Kier alpha value is -3.82. The molecule has 146 valence electrons. The number of nitrogens with zero attached hydrogens (tertiary/aromatic N) is 5. The fourth-order valence-corrected chi connectivity index (χ4v) is 3.05. The number of hydrogen-bond acceptors (Lipinski definition) is 5. The molecular formula is C19H12F3N5O2. The van der Waals surface area contributed by atoms with Crippen molar-refractivity contribution < 1.29 is 18.1 Å². The van der Waals surface area contributed by atoms with E-state index in [1.807, 2.05) is 0 Å². The summed E-state index contributed by atoms with van der Waals surface area (Å²) in [5.41, 5.74) is -0.179. The predicted molar refractivity (Wildman–Crippen MR) is 98.5 cm³/mol. The molecule has 29 heavy (non-hydrogen) atoms. The van der Waals surface area contributed by atoms with Crippen LogP contribution in [0.4, 0.5) is 18.9 Å². The molecule has 0 spiro atoms. The van der Waals surface area contributed by atoms with Gasteiger partial charge in [-0.25, -0.2) is 9.67 Å². The summed E-state index contributed by atoms with van der Waals surface area (Å²) in [6.07, 6.45) is -3.16. The summed E-state index contributed by atoms with van der Waals surface area (Å²) in [6, 6.07) is 11.2. The van der Waals surface area contributed by atoms with E-state index in [4.69, 9.17) is 0 Å². The number of halogens is 3. The molecule has 3 heterocycles. The first-order chi connectivity index (χ1) is 13.8. The van der Waals surface area contributed by atoms with Crippen LogP contribution in [0.25, 0.3) is 28.1 Å². The molecule has 0 aliphatic rings. The van der Waals surface area contributed by atoms with Crippen LogP contribution >= 0.6 is 0 Å². The third-order valence-corrected chi connectivity index (χ3v) is 4.35. The van der Waals surface area contributed by atoms with Crippen molar-refractivity contribution >= 4 is 16.7 Å². The van der Waals surface area contributed by atoms with Crippen LogP contribution in [0.2, 0.25) is 0 Å². The Morgan fingerprint density at radius 2 is 1.79 bits per heavy atom. The number of nitro groups is 1. The second-order valence-corrected chi connectivity index (χ2v) is 6.24. The molecule has 0 aliphatic carbocycles. The van der Waals surface area contributed by atoms with Crippen molar-refractivity contribution in [3.8, 4) is 17.1 Å². The lowest BCUT2D eigenvalue weighted by molar-refractivity contribution is -0.384. The van der Waals surface area contributed by atoms with Gasteiger partial charge in [0.15, 0.2) is 5.65 Å². The largest absolute Gasteiger partial charge is 0.417 e. The van der Waals surface area contributed by atoms with Gasteiger partial charge in [-0.15, -0.1) is 0 Å². The summed E-state index contributed by atoms with van der Waals surface area (Å²) in [5.74, 6) is 0. The lowest BCUT2D eigenvalue weighted by Gasteiger charge is -2.11. The van der Waals surface area contributed by atoms with Crippen molar-refractivity contribution in [1.29, 1.82) is 0 Å². The van der Waals surface area contributed by atoms with Gasteiger partial charge >= 0.3 is 6.18 Å². The van der Waals surface area contributed by atoms with Gasteiger partial charge in [-0.3, -0.25) is 15.1 Å². The van der Waals surface area contributed by atoms with Crippen molar-refractivity contribution in [3.05, 3.63) is 76.1 Å². The van der Waals surface area contributed by atoms with Crippen LogP contribution in [0, 0.1) is 17.0 Å². The SMILES string of the molecule is Cc1nn(-c2ccc([N+](=O)[O-])cc2)c2nc(-c3ccccn3)cc(C(F)(F)F)c12. The van der Waals surface area contributed by atoms with E-state index in [1.165, 1.54) is 42.1 Å². The zero-order chi connectivity index (χ0) is 20.8. The van der Waals surface area contributed by atoms with E-state index in [1.54, 1.807) is 18.2 Å². The lowest BCUT2D eigenvalue weighted by Crippen LogP contribution is -2.08. The van der Waals surface area contributed by atoms with Gasteiger partial charge in [0.2, 0.25) is 0 Å². The Kier molecular flexibility index (Phi) is 4.26. The number of nitro benzene ring substituents is 1. The average Bonchev–Trinajstić information content (AvgIpc) is 3.04. The van der Waals surface area contributed by atoms with Crippen molar-refractivity contribution in [2.75, 3.05) is 0 Å². The molecule has 7 nitrogen and oxygen atoms in total. The van der Waals surface area contributed by atoms with E-state index in [-0.39, 0.29) is 33.8 Å². The summed E-state index contributed by atoms with van der Waals surface area (Å²) in [4.78, 5) is 18.8. The monoisotopic (exact) mass is 399 g/mol. The molecule has 4 rings (SSSR count). The van der Waals surface area contributed by atoms with Gasteiger partial charge in [-0.1, -0.05) is 6.07 Å². The zero-order valence-electron chi connectivity index (χ0n) is 14.9. The minimum Gasteiger partial charge on any atom is -0.258 e. The molecule has 0 fully saturated rings. The minimum absolute atomic E-state index is 0.00756. The third kappa shape index (κ3) is 3.28. The Morgan fingerprint density at radius 3 is 2.38 bits per heavy atom. The Balaban J connectivity index is 2.01. The summed E-state index contributed by atoms with van der Waals surface area (Å²) in [5, 5.41) is 14.9. The standard InChI is InChI=1S/C19H12F3N5O2/c1-11-17-14(19(20,21)22)10-16(15-4-2-3-9-23-15)24-18(17)26(25-11)12-5-7-13(8-6-12)27(28)29/h2-10H,1H3. The van der Waals surface area contributed by atoms with Crippen LogP contribution in [-0.4, -0.2) is 24.7 Å². The highest BCUT2D eigenvalue weighted by atomic mass is 19.4. The molecule has 0 amide bonds. The highest BCUT2D eigenvalue weighted by Gasteiger charge is 2.36. The van der Waals surface area contributed by atoms with E-state index in [2.05, 4.69) is 15.1 Å². The van der Waals surface area contributed by atoms with Gasteiger partial charge in [0, 0.05) is 18.3 Å². The van der Waals surface area contributed by atoms with Gasteiger partial charge in [0.1, 0.15) is 0 Å². The van der Waals surface area contributed by atoms with Crippen LogP contribution in [0.5, 0.6) is 0 Å². The van der Waals surface area contributed by atoms with Gasteiger partial charge in [0.05, 0.1) is 38.6 Å². The van der Waals surface area contributed by atoms with E-state index in [0.717, 1.165) is 6.07 Å². The predicted octanol–water partition coefficient (Wildman–Crippen LogP) is 4.72. The van der Waals surface area contributed by atoms with Crippen molar-refractivity contribution in [2.45, 2.75) is 13.1 Å². The maximum Gasteiger partial charge on any atom is 0.417 e. The maximum atomic E-state index is 13.8. The molecule has 10 heteroatoms. The molecule has 0 unspecified atom stereocenters. The number of non-ortho nitro benzene ring substituents is 1. The van der Waals surface area contributed by atoms with Crippen molar-refractivity contribution in [3.63, 3.8) is 0 Å². The van der Waals surface area contributed by atoms with Crippen LogP contribution in [0.15, 0.2) is 54.7 Å². The normalized spacial score (nSPS) is 11.7. The smallest absolute Gasteiger partial charge is 0.258 e. The quantitative estimate of drug-likeness (QED) is 0.368. The number of fused-ring (bicyclic) bond motifs is 1. The molecule has 0 saturated heterocycles. The van der Waals surface area contributed by atoms with Crippen LogP contribution in [0.1, 0.15) is 11.3 Å². The Morgan fingerprint density at radius 1 is 1.07 bits per heavy atom. The molecule has 0 atom stereocenters. The second kappa shape index (κ2) is 6.66. The molecular weight excluding hydrogens is 387 g/mol. The molecule has 1 aromatic carbocycles. The van der Waals surface area contributed by atoms with Crippen LogP contribution in [0.3, 0.4) is 0 Å². The summed E-state index contributed by atoms with van der Waals surface area (Å²) in [6.45, 7) is 1.46. The molecule has 3 aromatic heterocycles. The highest BCUT2D eigenvalue weighted by Crippen LogP contribution is 2.38. The molecule has 0 saturated carbocycles. The molecule has 0 N–H and O–H groups in total. The molecule has 0 aliphatic heterocycles. The third-order valence-electron chi connectivity index (χ3n) is 4.35. The van der Waals surface area contributed by atoms with Gasteiger partial charge in [-0.2, -0.15) is 18.3 Å². The first-order valence-electron chi connectivity index (χ1n) is 8.39. The van der Waals surface area contributed by atoms with E-state index < -0.39 is 16.7 Å². The summed E-state index contributed by atoms with van der Waals surface area (Å²) < 4.78 is 42.6. The molecule has 0 radical (unpaired) electrons.